The zero-order chi connectivity index (χ0) is 20.8. The van der Waals surface area contributed by atoms with Gasteiger partial charge in [0.25, 0.3) is 5.91 Å². The van der Waals surface area contributed by atoms with Crippen LogP contribution in [0.4, 0.5) is 13.2 Å². The van der Waals surface area contributed by atoms with E-state index in [2.05, 4.69) is 0 Å². The number of rotatable bonds is 9. The van der Waals surface area contributed by atoms with Gasteiger partial charge in [0.05, 0.1) is 13.5 Å². The van der Waals surface area contributed by atoms with Crippen LogP contribution >= 0.6 is 0 Å². The lowest BCUT2D eigenvalue weighted by Crippen LogP contribution is -2.34. The summed E-state index contributed by atoms with van der Waals surface area (Å²) in [6.07, 6.45) is -5.52. The molecule has 0 fully saturated rings. The Morgan fingerprint density at radius 3 is 2.15 bits per heavy atom. The van der Waals surface area contributed by atoms with Crippen molar-refractivity contribution in [2.24, 2.45) is 0 Å². The summed E-state index contributed by atoms with van der Waals surface area (Å²) in [5.41, 5.74) is -0.00874. The van der Waals surface area contributed by atoms with Crippen LogP contribution in [-0.2, 0) is 10.0 Å². The van der Waals surface area contributed by atoms with Crippen LogP contribution in [0.25, 0.3) is 0 Å². The summed E-state index contributed by atoms with van der Waals surface area (Å²) in [7, 11) is -2.61. The first kappa shape index (κ1) is 23.2. The van der Waals surface area contributed by atoms with Gasteiger partial charge in [0.15, 0.2) is 0 Å². The van der Waals surface area contributed by atoms with Crippen molar-refractivity contribution in [3.05, 3.63) is 23.8 Å². The van der Waals surface area contributed by atoms with Gasteiger partial charge in [-0.2, -0.15) is 17.5 Å². The Morgan fingerprint density at radius 2 is 1.70 bits per heavy atom. The molecule has 1 aromatic carbocycles. The molecular weight excluding hydrogens is 385 g/mol. The minimum Gasteiger partial charge on any atom is -0.495 e. The van der Waals surface area contributed by atoms with E-state index >= 15 is 0 Å². The van der Waals surface area contributed by atoms with Crippen LogP contribution in [-0.4, -0.2) is 63.0 Å². The first-order valence-corrected chi connectivity index (χ1v) is 9.99. The smallest absolute Gasteiger partial charge is 0.390 e. The standard InChI is InChI=1S/C17H25F3N2O4S/c1-5-21(11-10-17(18,19)20)16(23)13-8-9-14(26-4)15(12-13)27(24,25)22(6-2)7-3/h8-9,12H,5-7,10-11H2,1-4H3. The molecule has 0 unspecified atom stereocenters. The lowest BCUT2D eigenvalue weighted by molar-refractivity contribution is -0.136. The van der Waals surface area contributed by atoms with Gasteiger partial charge in [-0.25, -0.2) is 8.42 Å². The average molecular weight is 410 g/mol. The van der Waals surface area contributed by atoms with Crippen molar-refractivity contribution in [2.45, 2.75) is 38.3 Å². The van der Waals surface area contributed by atoms with Crippen molar-refractivity contribution in [3.63, 3.8) is 0 Å². The average Bonchev–Trinajstić information content (AvgIpc) is 2.61. The van der Waals surface area contributed by atoms with Crippen LogP contribution in [0.1, 0.15) is 37.6 Å². The lowest BCUT2D eigenvalue weighted by Gasteiger charge is -2.23. The number of carbonyl (C=O) groups excluding carboxylic acids is 1. The quantitative estimate of drug-likeness (QED) is 0.627. The number of amides is 1. The lowest BCUT2D eigenvalue weighted by atomic mass is 10.2. The van der Waals surface area contributed by atoms with E-state index in [-0.39, 0.29) is 35.8 Å². The van der Waals surface area contributed by atoms with E-state index < -0.39 is 35.1 Å². The van der Waals surface area contributed by atoms with E-state index in [0.717, 1.165) is 11.0 Å². The predicted molar refractivity (Wildman–Crippen MR) is 95.4 cm³/mol. The molecule has 0 aliphatic carbocycles. The Balaban J connectivity index is 3.29. The molecule has 27 heavy (non-hydrogen) atoms. The van der Waals surface area contributed by atoms with Gasteiger partial charge in [0, 0.05) is 31.7 Å². The number of carbonyl (C=O) groups is 1. The summed E-state index contributed by atoms with van der Waals surface area (Å²) in [6.45, 7) is 4.95. The number of hydrogen-bond donors (Lipinski definition) is 0. The predicted octanol–water partition coefficient (Wildman–Crippen LogP) is 3.14. The summed E-state index contributed by atoms with van der Waals surface area (Å²) < 4.78 is 69.3. The topological polar surface area (TPSA) is 66.9 Å². The first-order chi connectivity index (χ1) is 12.5. The molecule has 1 aromatic rings. The molecule has 0 aliphatic heterocycles. The maximum Gasteiger partial charge on any atom is 0.390 e. The summed E-state index contributed by atoms with van der Waals surface area (Å²) in [5, 5.41) is 0. The van der Waals surface area contributed by atoms with Crippen LogP contribution in [0.5, 0.6) is 5.75 Å². The highest BCUT2D eigenvalue weighted by Crippen LogP contribution is 2.28. The summed E-state index contributed by atoms with van der Waals surface area (Å²) >= 11 is 0. The van der Waals surface area contributed by atoms with Crippen LogP contribution in [0, 0.1) is 0 Å². The fourth-order valence-electron chi connectivity index (χ4n) is 2.56. The number of alkyl halides is 3. The molecule has 6 nitrogen and oxygen atoms in total. The van der Waals surface area contributed by atoms with E-state index in [0.29, 0.717) is 0 Å². The van der Waals surface area contributed by atoms with Gasteiger partial charge in [-0.05, 0) is 25.1 Å². The Labute approximate surface area is 157 Å². The van der Waals surface area contributed by atoms with Gasteiger partial charge >= 0.3 is 6.18 Å². The maximum atomic E-state index is 12.8. The number of ether oxygens (including phenoxy) is 1. The van der Waals surface area contributed by atoms with Crippen LogP contribution < -0.4 is 4.74 Å². The zero-order valence-corrected chi connectivity index (χ0v) is 16.7. The SMILES string of the molecule is CCN(CCC(F)(F)F)C(=O)c1ccc(OC)c(S(=O)(=O)N(CC)CC)c1. The second-order valence-electron chi connectivity index (χ2n) is 5.70. The molecule has 154 valence electrons. The fourth-order valence-corrected chi connectivity index (χ4v) is 4.20. The molecule has 0 heterocycles. The summed E-state index contributed by atoms with van der Waals surface area (Å²) in [6, 6.07) is 3.84. The molecular formula is C17H25F3N2O4S. The second kappa shape index (κ2) is 9.41. The van der Waals surface area contributed by atoms with Crippen molar-refractivity contribution in [2.75, 3.05) is 33.3 Å². The van der Waals surface area contributed by atoms with Crippen LogP contribution in [0.3, 0.4) is 0 Å². The Bertz CT molecular complexity index is 747. The number of methoxy groups -OCH3 is 1. The number of halogens is 3. The molecule has 0 atom stereocenters. The minimum atomic E-state index is -4.38. The molecule has 0 N–H and O–H groups in total. The highest BCUT2D eigenvalue weighted by molar-refractivity contribution is 7.89. The monoisotopic (exact) mass is 410 g/mol. The molecule has 0 spiro atoms. The molecule has 0 saturated carbocycles. The third kappa shape index (κ3) is 5.83. The maximum absolute atomic E-state index is 12.8. The van der Waals surface area contributed by atoms with Gasteiger partial charge in [-0.15, -0.1) is 0 Å². The molecule has 1 rings (SSSR count). The third-order valence-electron chi connectivity index (χ3n) is 4.07. The van der Waals surface area contributed by atoms with E-state index in [1.165, 1.54) is 23.5 Å². The number of hydrogen-bond acceptors (Lipinski definition) is 4. The second-order valence-corrected chi connectivity index (χ2v) is 7.61. The van der Waals surface area contributed by atoms with E-state index in [9.17, 15) is 26.4 Å². The molecule has 0 bridgehead atoms. The van der Waals surface area contributed by atoms with Crippen molar-refractivity contribution in [1.29, 1.82) is 0 Å². The zero-order valence-electron chi connectivity index (χ0n) is 15.8. The van der Waals surface area contributed by atoms with Crippen molar-refractivity contribution >= 4 is 15.9 Å². The fraction of sp³-hybridized carbons (Fsp3) is 0.588. The first-order valence-electron chi connectivity index (χ1n) is 8.55. The van der Waals surface area contributed by atoms with E-state index in [1.807, 2.05) is 0 Å². The number of benzene rings is 1. The van der Waals surface area contributed by atoms with Gasteiger partial charge in [0.2, 0.25) is 10.0 Å². The molecule has 10 heteroatoms. The van der Waals surface area contributed by atoms with Crippen molar-refractivity contribution < 1.29 is 31.1 Å². The van der Waals surface area contributed by atoms with E-state index in [1.54, 1.807) is 20.8 Å². The summed E-state index contributed by atoms with van der Waals surface area (Å²) in [4.78, 5) is 13.4. The Kier molecular flexibility index (Phi) is 8.09. The molecule has 0 saturated heterocycles. The van der Waals surface area contributed by atoms with Gasteiger partial charge in [-0.3, -0.25) is 4.79 Å². The van der Waals surface area contributed by atoms with Gasteiger partial charge in [0.1, 0.15) is 10.6 Å². The number of nitrogens with zero attached hydrogens (tertiary/aromatic N) is 2. The largest absolute Gasteiger partial charge is 0.495 e. The Hall–Kier alpha value is -1.81. The van der Waals surface area contributed by atoms with Crippen LogP contribution in [0.2, 0.25) is 0 Å². The molecule has 1 amide bonds. The van der Waals surface area contributed by atoms with Gasteiger partial charge < -0.3 is 9.64 Å². The third-order valence-corrected chi connectivity index (χ3v) is 6.14. The Morgan fingerprint density at radius 1 is 1.11 bits per heavy atom. The normalized spacial score (nSPS) is 12.3. The van der Waals surface area contributed by atoms with Gasteiger partial charge in [-0.1, -0.05) is 13.8 Å². The van der Waals surface area contributed by atoms with Crippen molar-refractivity contribution in [3.8, 4) is 5.75 Å². The highest BCUT2D eigenvalue weighted by atomic mass is 32.2. The minimum absolute atomic E-state index is 0.00874. The highest BCUT2D eigenvalue weighted by Gasteiger charge is 2.30. The molecule has 0 aromatic heterocycles. The number of sulfonamides is 1. The van der Waals surface area contributed by atoms with Crippen LogP contribution in [0.15, 0.2) is 23.1 Å². The summed E-state index contributed by atoms with van der Waals surface area (Å²) in [5.74, 6) is -0.600. The van der Waals surface area contributed by atoms with E-state index in [4.69, 9.17) is 4.74 Å². The molecule has 0 radical (unpaired) electrons. The van der Waals surface area contributed by atoms with Crippen molar-refractivity contribution in [1.82, 2.24) is 9.21 Å². The molecule has 0 aliphatic rings.